The highest BCUT2D eigenvalue weighted by molar-refractivity contribution is 6.64. The highest BCUT2D eigenvalue weighted by atomic mass is 35.5. The van der Waals surface area contributed by atoms with E-state index in [9.17, 15) is 4.79 Å². The maximum Gasteiger partial charge on any atom is 0.238 e. The molecule has 0 spiro atoms. The molecule has 0 radical (unpaired) electrons. The van der Waals surface area contributed by atoms with E-state index in [1.54, 1.807) is 0 Å². The summed E-state index contributed by atoms with van der Waals surface area (Å²) in [4.78, 5) is 13.2. The van der Waals surface area contributed by atoms with Gasteiger partial charge in [-0.05, 0) is 30.4 Å². The van der Waals surface area contributed by atoms with Gasteiger partial charge in [0.15, 0.2) is 0 Å². The van der Waals surface area contributed by atoms with Crippen LogP contribution in [0.3, 0.4) is 0 Å². The molecule has 0 heterocycles. The van der Waals surface area contributed by atoms with E-state index in [-0.39, 0.29) is 11.3 Å². The monoisotopic (exact) mass is 219 g/mol. The number of hydrogen-bond acceptors (Lipinski definition) is 2. The predicted octanol–water partition coefficient (Wildman–Crippen LogP) is 2.75. The van der Waals surface area contributed by atoms with E-state index < -0.39 is 0 Å². The van der Waals surface area contributed by atoms with Gasteiger partial charge in [-0.25, -0.2) is 0 Å². The molecular formula is C11H22ClNO. The summed E-state index contributed by atoms with van der Waals surface area (Å²) in [5.41, 5.74) is 0. The Balaban J connectivity index is 4.30. The summed E-state index contributed by atoms with van der Waals surface area (Å²) < 4.78 is 0. The second kappa shape index (κ2) is 6.41. The molecule has 0 N–H and O–H groups in total. The molecule has 1 unspecified atom stereocenters. The molecule has 1 atom stereocenters. The van der Waals surface area contributed by atoms with Crippen molar-refractivity contribution in [3.8, 4) is 0 Å². The lowest BCUT2D eigenvalue weighted by Crippen LogP contribution is -2.41. The molecule has 0 aromatic carbocycles. The van der Waals surface area contributed by atoms with Gasteiger partial charge in [-0.3, -0.25) is 9.69 Å². The second-order valence-corrected chi connectivity index (χ2v) is 5.09. The molecule has 3 heteroatoms. The first-order valence-corrected chi connectivity index (χ1v) is 5.65. The lowest BCUT2D eigenvalue weighted by Gasteiger charge is -2.29. The second-order valence-electron chi connectivity index (χ2n) is 4.72. The first-order chi connectivity index (χ1) is 6.34. The van der Waals surface area contributed by atoms with Crippen molar-refractivity contribution < 1.29 is 4.79 Å². The number of carbonyl (C=O) groups is 1. The number of nitrogens with zero attached hydrogens (tertiary/aromatic N) is 1. The molecule has 2 nitrogen and oxygen atoms in total. The van der Waals surface area contributed by atoms with Crippen LogP contribution in [0.4, 0.5) is 0 Å². The van der Waals surface area contributed by atoms with E-state index in [1.807, 2.05) is 6.92 Å². The molecule has 0 amide bonds. The predicted molar refractivity (Wildman–Crippen MR) is 61.6 cm³/mol. The number of halogens is 1. The van der Waals surface area contributed by atoms with E-state index >= 15 is 0 Å². The zero-order valence-corrected chi connectivity index (χ0v) is 10.6. The van der Waals surface area contributed by atoms with Crippen molar-refractivity contribution in [2.24, 2.45) is 11.8 Å². The SMILES string of the molecule is CC(C)CN(CC(C)C)C(C)C(=O)Cl. The normalized spacial score (nSPS) is 14.1. The van der Waals surface area contributed by atoms with Crippen LogP contribution in [-0.4, -0.2) is 29.3 Å². The third-order valence-electron chi connectivity index (χ3n) is 2.08. The summed E-state index contributed by atoms with van der Waals surface area (Å²) >= 11 is 5.51. The van der Waals surface area contributed by atoms with Crippen molar-refractivity contribution in [1.29, 1.82) is 0 Å². The lowest BCUT2D eigenvalue weighted by molar-refractivity contribution is -0.116. The molecule has 0 fully saturated rings. The zero-order chi connectivity index (χ0) is 11.3. The first kappa shape index (κ1) is 13.9. The maximum absolute atomic E-state index is 11.1. The van der Waals surface area contributed by atoms with Crippen LogP contribution in [0, 0.1) is 11.8 Å². The molecule has 0 aliphatic heterocycles. The summed E-state index contributed by atoms with van der Waals surface area (Å²) in [6.45, 7) is 12.3. The Kier molecular flexibility index (Phi) is 6.38. The molecule has 84 valence electrons. The Morgan fingerprint density at radius 1 is 1.07 bits per heavy atom. The molecule has 0 saturated heterocycles. The van der Waals surface area contributed by atoms with Crippen LogP contribution in [0.1, 0.15) is 34.6 Å². The van der Waals surface area contributed by atoms with Gasteiger partial charge in [0.2, 0.25) is 5.24 Å². The number of carbonyl (C=O) groups excluding carboxylic acids is 1. The average molecular weight is 220 g/mol. The summed E-state index contributed by atoms with van der Waals surface area (Å²) in [6, 6.07) is -0.165. The molecule has 0 aromatic rings. The van der Waals surface area contributed by atoms with Crippen molar-refractivity contribution in [2.75, 3.05) is 13.1 Å². The Bertz CT molecular complexity index is 170. The molecule has 0 aliphatic carbocycles. The van der Waals surface area contributed by atoms with Gasteiger partial charge in [0, 0.05) is 13.1 Å². The minimum Gasteiger partial charge on any atom is -0.292 e. The van der Waals surface area contributed by atoms with Crippen LogP contribution in [-0.2, 0) is 4.79 Å². The highest BCUT2D eigenvalue weighted by Gasteiger charge is 2.20. The van der Waals surface area contributed by atoms with Crippen LogP contribution in [0.25, 0.3) is 0 Å². The van der Waals surface area contributed by atoms with Gasteiger partial charge in [-0.1, -0.05) is 27.7 Å². The smallest absolute Gasteiger partial charge is 0.238 e. The Hall–Kier alpha value is -0.0800. The standard InChI is InChI=1S/C11H22ClNO/c1-8(2)6-13(7-9(3)4)10(5)11(12)14/h8-10H,6-7H2,1-5H3. The third kappa shape index (κ3) is 5.61. The van der Waals surface area contributed by atoms with Crippen LogP contribution >= 0.6 is 11.6 Å². The van der Waals surface area contributed by atoms with Crippen molar-refractivity contribution >= 4 is 16.8 Å². The highest BCUT2D eigenvalue weighted by Crippen LogP contribution is 2.10. The minimum atomic E-state index is -0.258. The molecule has 0 rings (SSSR count). The summed E-state index contributed by atoms with van der Waals surface area (Å²) in [5, 5.41) is -0.258. The fourth-order valence-electron chi connectivity index (χ4n) is 1.47. The van der Waals surface area contributed by atoms with Gasteiger partial charge in [0.25, 0.3) is 0 Å². The fraction of sp³-hybridized carbons (Fsp3) is 0.909. The molecule has 14 heavy (non-hydrogen) atoms. The van der Waals surface area contributed by atoms with E-state index in [0.717, 1.165) is 13.1 Å². The third-order valence-corrected chi connectivity index (χ3v) is 2.39. The molecular weight excluding hydrogens is 198 g/mol. The van der Waals surface area contributed by atoms with Gasteiger partial charge in [-0.15, -0.1) is 0 Å². The topological polar surface area (TPSA) is 20.3 Å². The van der Waals surface area contributed by atoms with E-state index in [2.05, 4.69) is 32.6 Å². The van der Waals surface area contributed by atoms with Crippen molar-refractivity contribution in [3.63, 3.8) is 0 Å². The first-order valence-electron chi connectivity index (χ1n) is 5.28. The van der Waals surface area contributed by atoms with Crippen LogP contribution in [0.2, 0.25) is 0 Å². The average Bonchev–Trinajstić information content (AvgIpc) is 1.99. The van der Waals surface area contributed by atoms with Gasteiger partial charge < -0.3 is 0 Å². The van der Waals surface area contributed by atoms with Gasteiger partial charge in [0.05, 0.1) is 6.04 Å². The largest absolute Gasteiger partial charge is 0.292 e. The molecule has 0 aromatic heterocycles. The quantitative estimate of drug-likeness (QED) is 0.641. The van der Waals surface area contributed by atoms with E-state index in [0.29, 0.717) is 11.8 Å². The Morgan fingerprint density at radius 2 is 1.43 bits per heavy atom. The van der Waals surface area contributed by atoms with Crippen LogP contribution < -0.4 is 0 Å². The Labute approximate surface area is 92.6 Å². The van der Waals surface area contributed by atoms with Crippen molar-refractivity contribution in [3.05, 3.63) is 0 Å². The maximum atomic E-state index is 11.1. The summed E-state index contributed by atoms with van der Waals surface area (Å²) in [7, 11) is 0. The van der Waals surface area contributed by atoms with Gasteiger partial charge in [0.1, 0.15) is 0 Å². The minimum absolute atomic E-state index is 0.165. The molecule has 0 aliphatic rings. The molecule has 0 saturated carbocycles. The number of rotatable bonds is 6. The van der Waals surface area contributed by atoms with E-state index in [1.165, 1.54) is 0 Å². The summed E-state index contributed by atoms with van der Waals surface area (Å²) in [6.07, 6.45) is 0. The lowest BCUT2D eigenvalue weighted by atomic mass is 10.1. The number of hydrogen-bond donors (Lipinski definition) is 0. The van der Waals surface area contributed by atoms with E-state index in [4.69, 9.17) is 11.6 Å². The summed E-state index contributed by atoms with van der Waals surface area (Å²) in [5.74, 6) is 1.12. The van der Waals surface area contributed by atoms with Gasteiger partial charge in [-0.2, -0.15) is 0 Å². The molecule has 0 bridgehead atoms. The van der Waals surface area contributed by atoms with Crippen molar-refractivity contribution in [1.82, 2.24) is 4.90 Å². The van der Waals surface area contributed by atoms with Crippen LogP contribution in [0.5, 0.6) is 0 Å². The fourth-order valence-corrected chi connectivity index (χ4v) is 1.61. The van der Waals surface area contributed by atoms with Crippen LogP contribution in [0.15, 0.2) is 0 Å². The Morgan fingerprint density at radius 3 is 1.64 bits per heavy atom. The van der Waals surface area contributed by atoms with Crippen molar-refractivity contribution in [2.45, 2.75) is 40.7 Å². The van der Waals surface area contributed by atoms with Gasteiger partial charge >= 0.3 is 0 Å². The zero-order valence-electron chi connectivity index (χ0n) is 9.88.